The average molecular weight is 317 g/mol. The van der Waals surface area contributed by atoms with Gasteiger partial charge in [-0.05, 0) is 43.5 Å². The molecule has 0 radical (unpaired) electrons. The van der Waals surface area contributed by atoms with Crippen LogP contribution in [0.3, 0.4) is 0 Å². The van der Waals surface area contributed by atoms with Crippen LogP contribution >= 0.6 is 0 Å². The van der Waals surface area contributed by atoms with Crippen molar-refractivity contribution in [1.82, 2.24) is 5.32 Å². The van der Waals surface area contributed by atoms with Crippen molar-refractivity contribution in [3.8, 4) is 5.75 Å². The van der Waals surface area contributed by atoms with Crippen molar-refractivity contribution in [2.75, 3.05) is 25.7 Å². The van der Waals surface area contributed by atoms with Gasteiger partial charge in [0.15, 0.2) is 11.6 Å². The van der Waals surface area contributed by atoms with Crippen molar-refractivity contribution >= 4 is 9.84 Å². The summed E-state index contributed by atoms with van der Waals surface area (Å²) in [5.41, 5.74) is 0.912. The van der Waals surface area contributed by atoms with Crippen molar-refractivity contribution in [3.05, 3.63) is 29.6 Å². The zero-order valence-electron chi connectivity index (χ0n) is 12.9. The Morgan fingerprint density at radius 3 is 2.67 bits per heavy atom. The van der Waals surface area contributed by atoms with Gasteiger partial charge in [0, 0.05) is 18.1 Å². The molecule has 6 heteroatoms. The summed E-state index contributed by atoms with van der Waals surface area (Å²) >= 11 is 0. The number of ether oxygens (including phenoxy) is 1. The minimum Gasteiger partial charge on any atom is -0.494 e. The Morgan fingerprint density at radius 1 is 1.38 bits per heavy atom. The lowest BCUT2D eigenvalue weighted by Gasteiger charge is -2.19. The highest BCUT2D eigenvalue weighted by Crippen LogP contribution is 2.25. The van der Waals surface area contributed by atoms with Gasteiger partial charge >= 0.3 is 0 Å². The Kier molecular flexibility index (Phi) is 7.11. The SMILES string of the molecule is CCCNC(CCCS(C)(=O)=O)c1ccc(F)c(OC)c1. The molecule has 0 bridgehead atoms. The summed E-state index contributed by atoms with van der Waals surface area (Å²) in [6.45, 7) is 2.88. The molecule has 120 valence electrons. The maximum absolute atomic E-state index is 13.5. The molecule has 21 heavy (non-hydrogen) atoms. The van der Waals surface area contributed by atoms with Gasteiger partial charge in [-0.1, -0.05) is 13.0 Å². The van der Waals surface area contributed by atoms with Crippen molar-refractivity contribution in [3.63, 3.8) is 0 Å². The number of halogens is 1. The highest BCUT2D eigenvalue weighted by Gasteiger charge is 2.14. The molecule has 1 atom stereocenters. The summed E-state index contributed by atoms with van der Waals surface area (Å²) in [6, 6.07) is 4.77. The second-order valence-electron chi connectivity index (χ2n) is 5.17. The fourth-order valence-electron chi connectivity index (χ4n) is 2.15. The standard InChI is InChI=1S/C15H24FNO3S/c1-4-9-17-14(6-5-10-21(3,18)19)12-7-8-13(16)15(11-12)20-2/h7-8,11,14,17H,4-6,9-10H2,1-3H3. The molecule has 1 rings (SSSR count). The number of nitrogens with one attached hydrogen (secondary N) is 1. The Bertz CT molecular complexity index is 546. The lowest BCUT2D eigenvalue weighted by atomic mass is 10.0. The van der Waals surface area contributed by atoms with E-state index in [0.717, 1.165) is 18.5 Å². The molecule has 1 aromatic carbocycles. The van der Waals surface area contributed by atoms with E-state index in [9.17, 15) is 12.8 Å². The molecule has 1 aromatic rings. The average Bonchev–Trinajstić information content (AvgIpc) is 2.42. The van der Waals surface area contributed by atoms with Crippen molar-refractivity contribution in [2.24, 2.45) is 0 Å². The van der Waals surface area contributed by atoms with Crippen LogP contribution in [-0.2, 0) is 9.84 Å². The molecule has 0 aromatic heterocycles. The highest BCUT2D eigenvalue weighted by molar-refractivity contribution is 7.90. The predicted octanol–water partition coefficient (Wildman–Crippen LogP) is 2.70. The fourth-order valence-corrected chi connectivity index (χ4v) is 2.84. The molecule has 0 saturated heterocycles. The quantitative estimate of drug-likeness (QED) is 0.761. The van der Waals surface area contributed by atoms with Crippen LogP contribution in [0.2, 0.25) is 0 Å². The van der Waals surface area contributed by atoms with Crippen LogP contribution in [0.1, 0.15) is 37.8 Å². The zero-order valence-corrected chi connectivity index (χ0v) is 13.7. The van der Waals surface area contributed by atoms with E-state index >= 15 is 0 Å². The third kappa shape index (κ3) is 6.44. The van der Waals surface area contributed by atoms with Crippen LogP contribution in [0.5, 0.6) is 5.75 Å². The summed E-state index contributed by atoms with van der Waals surface area (Å²) < 4.78 is 40.9. The number of hydrogen-bond acceptors (Lipinski definition) is 4. The molecular formula is C15H24FNO3S. The van der Waals surface area contributed by atoms with Crippen LogP contribution in [0.25, 0.3) is 0 Å². The first-order chi connectivity index (χ1) is 9.87. The summed E-state index contributed by atoms with van der Waals surface area (Å²) in [6.07, 6.45) is 3.46. The van der Waals surface area contributed by atoms with Gasteiger partial charge in [-0.2, -0.15) is 0 Å². The fraction of sp³-hybridized carbons (Fsp3) is 0.600. The second-order valence-corrected chi connectivity index (χ2v) is 7.43. The Balaban J connectivity index is 2.81. The van der Waals surface area contributed by atoms with E-state index < -0.39 is 15.7 Å². The Labute approximate surface area is 126 Å². The maximum atomic E-state index is 13.5. The first kappa shape index (κ1) is 17.9. The smallest absolute Gasteiger partial charge is 0.165 e. The Hall–Kier alpha value is -1.14. The molecule has 1 unspecified atom stereocenters. The van der Waals surface area contributed by atoms with Gasteiger partial charge in [0.25, 0.3) is 0 Å². The van der Waals surface area contributed by atoms with E-state index in [1.807, 2.05) is 0 Å². The normalized spacial score (nSPS) is 13.1. The van der Waals surface area contributed by atoms with Gasteiger partial charge in [0.2, 0.25) is 0 Å². The van der Waals surface area contributed by atoms with Crippen LogP contribution in [0.15, 0.2) is 18.2 Å². The van der Waals surface area contributed by atoms with Gasteiger partial charge in [-0.15, -0.1) is 0 Å². The van der Waals surface area contributed by atoms with Crippen molar-refractivity contribution in [1.29, 1.82) is 0 Å². The maximum Gasteiger partial charge on any atom is 0.165 e. The van der Waals surface area contributed by atoms with Crippen LogP contribution in [-0.4, -0.2) is 34.1 Å². The number of benzene rings is 1. The first-order valence-corrected chi connectivity index (χ1v) is 9.18. The molecule has 0 aliphatic carbocycles. The minimum atomic E-state index is -2.95. The van der Waals surface area contributed by atoms with E-state index in [1.54, 1.807) is 12.1 Å². The van der Waals surface area contributed by atoms with Crippen LogP contribution < -0.4 is 10.1 Å². The molecule has 0 spiro atoms. The number of rotatable bonds is 9. The van der Waals surface area contributed by atoms with E-state index in [0.29, 0.717) is 12.8 Å². The largest absolute Gasteiger partial charge is 0.494 e. The Morgan fingerprint density at radius 2 is 2.10 bits per heavy atom. The van der Waals surface area contributed by atoms with Gasteiger partial charge in [0.05, 0.1) is 7.11 Å². The lowest BCUT2D eigenvalue weighted by molar-refractivity contribution is 0.384. The topological polar surface area (TPSA) is 55.4 Å². The summed E-state index contributed by atoms with van der Waals surface area (Å²) in [5, 5.41) is 3.37. The number of methoxy groups -OCH3 is 1. The van der Waals surface area contributed by atoms with Crippen LogP contribution in [0.4, 0.5) is 4.39 Å². The van der Waals surface area contributed by atoms with Gasteiger partial charge < -0.3 is 10.1 Å². The van der Waals surface area contributed by atoms with E-state index in [1.165, 1.54) is 19.4 Å². The molecule has 0 saturated carbocycles. The highest BCUT2D eigenvalue weighted by atomic mass is 32.2. The lowest BCUT2D eigenvalue weighted by Crippen LogP contribution is -2.23. The number of sulfone groups is 1. The summed E-state index contributed by atoms with van der Waals surface area (Å²) in [7, 11) is -1.52. The van der Waals surface area contributed by atoms with Gasteiger partial charge in [-0.3, -0.25) is 0 Å². The van der Waals surface area contributed by atoms with Gasteiger partial charge in [-0.25, -0.2) is 12.8 Å². The third-order valence-electron chi connectivity index (χ3n) is 3.23. The van der Waals surface area contributed by atoms with E-state index in [2.05, 4.69) is 12.2 Å². The molecule has 0 fully saturated rings. The molecule has 0 heterocycles. The number of hydrogen-bond donors (Lipinski definition) is 1. The van der Waals surface area contributed by atoms with Crippen molar-refractivity contribution < 1.29 is 17.5 Å². The minimum absolute atomic E-state index is 0.00111. The summed E-state index contributed by atoms with van der Waals surface area (Å²) in [5.74, 6) is -0.0270. The predicted molar refractivity (Wildman–Crippen MR) is 82.9 cm³/mol. The van der Waals surface area contributed by atoms with Gasteiger partial charge in [0.1, 0.15) is 9.84 Å². The zero-order chi connectivity index (χ0) is 15.9. The monoisotopic (exact) mass is 317 g/mol. The van der Waals surface area contributed by atoms with Crippen molar-refractivity contribution in [2.45, 2.75) is 32.2 Å². The summed E-state index contributed by atoms with van der Waals surface area (Å²) in [4.78, 5) is 0. The molecule has 0 aliphatic heterocycles. The van der Waals surface area contributed by atoms with E-state index in [4.69, 9.17) is 4.74 Å². The second kappa shape index (κ2) is 8.34. The van der Waals surface area contributed by atoms with Crippen LogP contribution in [0, 0.1) is 5.82 Å². The molecular weight excluding hydrogens is 293 g/mol. The third-order valence-corrected chi connectivity index (χ3v) is 4.26. The molecule has 0 aliphatic rings. The molecule has 0 amide bonds. The molecule has 1 N–H and O–H groups in total. The molecule has 4 nitrogen and oxygen atoms in total. The van der Waals surface area contributed by atoms with E-state index in [-0.39, 0.29) is 17.5 Å². The first-order valence-electron chi connectivity index (χ1n) is 7.12.